The molecule has 0 spiro atoms. The van der Waals surface area contributed by atoms with Crippen LogP contribution in [0, 0.1) is 0 Å². The molecule has 0 radical (unpaired) electrons. The van der Waals surface area contributed by atoms with Crippen molar-refractivity contribution < 1.29 is 10.2 Å². The van der Waals surface area contributed by atoms with Gasteiger partial charge >= 0.3 is 0 Å². The fourth-order valence-electron chi connectivity index (χ4n) is 2.62. The molecule has 2 unspecified atom stereocenters. The number of hydrogen-bond acceptors (Lipinski definition) is 2. The van der Waals surface area contributed by atoms with Crippen molar-refractivity contribution in [1.82, 2.24) is 0 Å². The van der Waals surface area contributed by atoms with Crippen molar-refractivity contribution in [2.75, 3.05) is 13.2 Å². The Bertz CT molecular complexity index is 578. The molecular weight excluding hydrogens is 432 g/mol. The third-order valence-electron chi connectivity index (χ3n) is 4.13. The van der Waals surface area contributed by atoms with Crippen molar-refractivity contribution in [2.24, 2.45) is 0 Å². The molecule has 4 heteroatoms. The average molecular weight is 454 g/mol. The molecule has 0 aliphatic carbocycles. The summed E-state index contributed by atoms with van der Waals surface area (Å²) < 4.78 is 2.08. The number of rotatable bonds is 8. The van der Waals surface area contributed by atoms with Crippen molar-refractivity contribution in [3.63, 3.8) is 0 Å². The Kier molecular flexibility index (Phi) is 8.19. The molecule has 0 aliphatic rings. The van der Waals surface area contributed by atoms with Crippen molar-refractivity contribution in [2.45, 2.75) is 24.7 Å². The van der Waals surface area contributed by atoms with Crippen LogP contribution in [0.2, 0.25) is 0 Å². The molecule has 128 valence electrons. The van der Waals surface area contributed by atoms with Gasteiger partial charge in [-0.2, -0.15) is 0 Å². The molecule has 2 N–H and O–H groups in total. The van der Waals surface area contributed by atoms with E-state index < -0.39 is 0 Å². The molecule has 0 fully saturated rings. The van der Waals surface area contributed by atoms with E-state index in [2.05, 4.69) is 44.0 Å². The van der Waals surface area contributed by atoms with Gasteiger partial charge in [0.1, 0.15) is 0 Å². The highest BCUT2D eigenvalue weighted by atomic mass is 79.9. The minimum absolute atomic E-state index is 0.106. The monoisotopic (exact) mass is 452 g/mol. The van der Waals surface area contributed by atoms with E-state index in [1.807, 2.05) is 48.5 Å². The van der Waals surface area contributed by atoms with E-state index in [4.69, 9.17) is 0 Å². The highest BCUT2D eigenvalue weighted by Crippen LogP contribution is 2.24. The summed E-state index contributed by atoms with van der Waals surface area (Å²) in [6.45, 7) is 0.254. The predicted octanol–water partition coefficient (Wildman–Crippen LogP) is 5.40. The van der Waals surface area contributed by atoms with Crippen LogP contribution in [0.3, 0.4) is 0 Å². The molecule has 0 heterocycles. The second kappa shape index (κ2) is 10.1. The topological polar surface area (TPSA) is 40.5 Å². The fourth-order valence-corrected chi connectivity index (χ4v) is 3.15. The van der Waals surface area contributed by atoms with E-state index in [0.29, 0.717) is 0 Å². The number of benzene rings is 2. The lowest BCUT2D eigenvalue weighted by molar-refractivity contribution is 0.263. The van der Waals surface area contributed by atoms with Crippen molar-refractivity contribution in [1.29, 1.82) is 0 Å². The average Bonchev–Trinajstić information content (AvgIpc) is 2.60. The zero-order valence-electron chi connectivity index (χ0n) is 13.4. The summed E-state index contributed by atoms with van der Waals surface area (Å²) in [5.41, 5.74) is 2.27. The van der Waals surface area contributed by atoms with Crippen LogP contribution in [0.5, 0.6) is 0 Å². The van der Waals surface area contributed by atoms with E-state index in [1.54, 1.807) is 0 Å². The summed E-state index contributed by atoms with van der Waals surface area (Å²) in [6, 6.07) is 16.1. The Morgan fingerprint density at radius 2 is 1.00 bits per heavy atom. The van der Waals surface area contributed by atoms with Gasteiger partial charge in [-0.3, -0.25) is 0 Å². The van der Waals surface area contributed by atoms with E-state index in [9.17, 15) is 10.2 Å². The van der Waals surface area contributed by atoms with Crippen LogP contribution in [-0.2, 0) is 0 Å². The fraction of sp³-hybridized carbons (Fsp3) is 0.300. The van der Waals surface area contributed by atoms with Crippen molar-refractivity contribution in [3.8, 4) is 0 Å². The smallest absolute Gasteiger partial charge is 0.0502 e. The molecule has 2 atom stereocenters. The van der Waals surface area contributed by atoms with E-state index in [1.165, 1.54) is 0 Å². The van der Waals surface area contributed by atoms with E-state index in [0.717, 1.165) is 32.9 Å². The Morgan fingerprint density at radius 3 is 1.29 bits per heavy atom. The first-order valence-corrected chi connectivity index (χ1v) is 9.60. The number of allylic oxidation sites excluding steroid dienone is 2. The minimum Gasteiger partial charge on any atom is -0.396 e. The second-order valence-corrected chi connectivity index (χ2v) is 7.64. The molecule has 0 saturated carbocycles. The van der Waals surface area contributed by atoms with Crippen LogP contribution in [0.15, 0.2) is 69.6 Å². The maximum atomic E-state index is 9.62. The number of hydrogen-bond donors (Lipinski definition) is 2. The summed E-state index contributed by atoms with van der Waals surface area (Å²) >= 11 is 6.86. The Balaban J connectivity index is 1.91. The molecule has 0 aliphatic heterocycles. The maximum Gasteiger partial charge on any atom is 0.0502 e. The zero-order valence-corrected chi connectivity index (χ0v) is 16.6. The summed E-state index contributed by atoms with van der Waals surface area (Å²) in [5, 5.41) is 19.2. The third-order valence-corrected chi connectivity index (χ3v) is 5.19. The molecule has 2 aromatic rings. The molecule has 0 saturated heterocycles. The lowest BCUT2D eigenvalue weighted by atomic mass is 9.94. The van der Waals surface area contributed by atoms with Gasteiger partial charge in [-0.05, 0) is 48.2 Å². The van der Waals surface area contributed by atoms with Crippen LogP contribution in [0.25, 0.3) is 0 Å². The third kappa shape index (κ3) is 5.85. The van der Waals surface area contributed by atoms with Crippen molar-refractivity contribution >= 4 is 31.9 Å². The number of halogens is 2. The first-order valence-electron chi connectivity index (χ1n) is 8.01. The second-order valence-electron chi connectivity index (χ2n) is 5.80. The molecule has 2 aromatic carbocycles. The van der Waals surface area contributed by atoms with E-state index in [-0.39, 0.29) is 25.0 Å². The van der Waals surface area contributed by atoms with Crippen LogP contribution in [0.1, 0.15) is 35.8 Å². The first kappa shape index (κ1) is 19.4. The normalized spacial score (nSPS) is 14.0. The predicted molar refractivity (Wildman–Crippen MR) is 106 cm³/mol. The molecule has 0 bridgehead atoms. The summed E-state index contributed by atoms with van der Waals surface area (Å²) in [7, 11) is 0. The molecule has 24 heavy (non-hydrogen) atoms. The van der Waals surface area contributed by atoms with Gasteiger partial charge in [0, 0.05) is 20.8 Å². The molecule has 0 amide bonds. The lowest BCUT2D eigenvalue weighted by Crippen LogP contribution is -2.04. The lowest BCUT2D eigenvalue weighted by Gasteiger charge is -2.14. The van der Waals surface area contributed by atoms with Gasteiger partial charge in [0.25, 0.3) is 0 Å². The van der Waals surface area contributed by atoms with Crippen LogP contribution < -0.4 is 0 Å². The number of aliphatic hydroxyl groups excluding tert-OH is 2. The van der Waals surface area contributed by atoms with Gasteiger partial charge in [-0.15, -0.1) is 0 Å². The van der Waals surface area contributed by atoms with Crippen LogP contribution >= 0.6 is 31.9 Å². The quantitative estimate of drug-likeness (QED) is 0.525. The number of aliphatic hydroxyl groups is 2. The van der Waals surface area contributed by atoms with Gasteiger partial charge in [0.2, 0.25) is 0 Å². The van der Waals surface area contributed by atoms with Crippen LogP contribution in [-0.4, -0.2) is 23.4 Å². The molecule has 0 aromatic heterocycles. The van der Waals surface area contributed by atoms with E-state index >= 15 is 0 Å². The highest BCUT2D eigenvalue weighted by molar-refractivity contribution is 9.10. The maximum absolute atomic E-state index is 9.62. The van der Waals surface area contributed by atoms with Gasteiger partial charge < -0.3 is 10.2 Å². The summed E-state index contributed by atoms with van der Waals surface area (Å²) in [6.07, 6.45) is 5.78. The van der Waals surface area contributed by atoms with Gasteiger partial charge in [0.15, 0.2) is 0 Å². The minimum atomic E-state index is 0.106. The summed E-state index contributed by atoms with van der Waals surface area (Å²) in [4.78, 5) is 0. The Hall–Kier alpha value is -0.940. The van der Waals surface area contributed by atoms with Gasteiger partial charge in [-0.1, -0.05) is 68.3 Å². The van der Waals surface area contributed by atoms with Gasteiger partial charge in [-0.25, -0.2) is 0 Å². The van der Waals surface area contributed by atoms with Crippen LogP contribution in [0.4, 0.5) is 0 Å². The SMILES string of the molecule is OCC(C/C=C/CC(CO)c1ccc(Br)cc1)c1ccc(Br)cc1. The zero-order chi connectivity index (χ0) is 17.4. The first-order chi connectivity index (χ1) is 11.6. The molecule has 2 rings (SSSR count). The Labute approximate surface area is 160 Å². The largest absolute Gasteiger partial charge is 0.396 e. The standard InChI is InChI=1S/C20H22Br2O2/c21-19-9-5-15(6-10-19)17(13-23)3-1-2-4-18(14-24)16-7-11-20(22)12-8-16/h1-2,5-12,17-18,23-24H,3-4,13-14H2/b2-1+. The molecule has 2 nitrogen and oxygen atoms in total. The summed E-state index contributed by atoms with van der Waals surface area (Å²) in [5.74, 6) is 0.212. The highest BCUT2D eigenvalue weighted by Gasteiger charge is 2.10. The van der Waals surface area contributed by atoms with Gasteiger partial charge in [0.05, 0.1) is 13.2 Å². The Morgan fingerprint density at radius 1 is 0.667 bits per heavy atom. The van der Waals surface area contributed by atoms with Crippen molar-refractivity contribution in [3.05, 3.63) is 80.8 Å². The molecular formula is C20H22Br2O2.